The summed E-state index contributed by atoms with van der Waals surface area (Å²) in [6.45, 7) is 2.24. The fourth-order valence-corrected chi connectivity index (χ4v) is 2.00. The molecule has 1 N–H and O–H groups in total. The van der Waals surface area contributed by atoms with Crippen molar-refractivity contribution in [3.63, 3.8) is 0 Å². The minimum absolute atomic E-state index is 0.00941. The summed E-state index contributed by atoms with van der Waals surface area (Å²) in [5.41, 5.74) is 1.18. The van der Waals surface area contributed by atoms with Gasteiger partial charge in [0.2, 0.25) is 5.91 Å². The Morgan fingerprint density at radius 2 is 2.26 bits per heavy atom. The smallest absolute Gasteiger partial charge is 0.269 e. The number of nitro benzene ring substituents is 1. The normalized spacial score (nSPS) is 20.9. The number of amides is 1. The zero-order chi connectivity index (χ0) is 14.0. The van der Waals surface area contributed by atoms with Crippen LogP contribution in [-0.4, -0.2) is 17.9 Å². The predicted molar refractivity (Wildman–Crippen MR) is 69.7 cm³/mol. The fourth-order valence-electron chi connectivity index (χ4n) is 2.00. The molecule has 19 heavy (non-hydrogen) atoms. The average Bonchev–Trinajstić information content (AvgIpc) is 3.08. The molecule has 0 aliphatic heterocycles. The molecule has 0 aromatic heterocycles. The first-order valence-electron chi connectivity index (χ1n) is 6.10. The van der Waals surface area contributed by atoms with Gasteiger partial charge in [-0.1, -0.05) is 6.92 Å². The third-order valence-electron chi connectivity index (χ3n) is 3.30. The molecule has 0 spiro atoms. The summed E-state index contributed by atoms with van der Waals surface area (Å²) in [6.07, 6.45) is 0.901. The lowest BCUT2D eigenvalue weighted by Crippen LogP contribution is -2.16. The molecule has 2 rings (SSSR count). The van der Waals surface area contributed by atoms with Crippen LogP contribution in [0.3, 0.4) is 0 Å². The Kier molecular flexibility index (Phi) is 3.80. The third kappa shape index (κ3) is 3.08. The van der Waals surface area contributed by atoms with Gasteiger partial charge < -0.3 is 10.1 Å². The van der Waals surface area contributed by atoms with E-state index in [2.05, 4.69) is 5.32 Å². The van der Waals surface area contributed by atoms with Crippen LogP contribution < -0.4 is 5.32 Å². The third-order valence-corrected chi connectivity index (χ3v) is 3.30. The molecule has 0 heterocycles. The van der Waals surface area contributed by atoms with Gasteiger partial charge >= 0.3 is 0 Å². The van der Waals surface area contributed by atoms with E-state index < -0.39 is 4.92 Å². The van der Waals surface area contributed by atoms with Crippen LogP contribution in [-0.2, 0) is 16.1 Å². The second kappa shape index (κ2) is 5.36. The van der Waals surface area contributed by atoms with E-state index in [-0.39, 0.29) is 24.1 Å². The summed E-state index contributed by atoms with van der Waals surface area (Å²) in [6, 6.07) is 4.36. The summed E-state index contributed by atoms with van der Waals surface area (Å²) in [4.78, 5) is 22.1. The molecule has 0 radical (unpaired) electrons. The van der Waals surface area contributed by atoms with Crippen molar-refractivity contribution in [3.05, 3.63) is 33.9 Å². The average molecular weight is 264 g/mol. The van der Waals surface area contributed by atoms with Crippen molar-refractivity contribution in [3.8, 4) is 0 Å². The molecule has 1 amide bonds. The van der Waals surface area contributed by atoms with Crippen LogP contribution in [0.4, 0.5) is 11.4 Å². The number of nitrogens with zero attached hydrogens (tertiary/aromatic N) is 1. The van der Waals surface area contributed by atoms with Crippen molar-refractivity contribution >= 4 is 17.3 Å². The number of hydrogen-bond acceptors (Lipinski definition) is 4. The Morgan fingerprint density at radius 3 is 2.79 bits per heavy atom. The van der Waals surface area contributed by atoms with Gasteiger partial charge in [0.15, 0.2) is 0 Å². The molecule has 6 heteroatoms. The summed E-state index contributed by atoms with van der Waals surface area (Å²) >= 11 is 0. The molecule has 0 unspecified atom stereocenters. The first-order valence-corrected chi connectivity index (χ1v) is 6.10. The molecule has 1 aliphatic rings. The van der Waals surface area contributed by atoms with Gasteiger partial charge in [-0.15, -0.1) is 0 Å². The first kappa shape index (κ1) is 13.5. The maximum atomic E-state index is 11.9. The van der Waals surface area contributed by atoms with Crippen molar-refractivity contribution in [2.75, 3.05) is 12.4 Å². The highest BCUT2D eigenvalue weighted by Gasteiger charge is 2.39. The lowest BCUT2D eigenvalue weighted by molar-refractivity contribution is -0.384. The molecule has 102 valence electrons. The van der Waals surface area contributed by atoms with E-state index in [1.165, 1.54) is 19.2 Å². The molecule has 1 fully saturated rings. The highest BCUT2D eigenvalue weighted by atomic mass is 16.6. The van der Waals surface area contributed by atoms with Gasteiger partial charge in [0.1, 0.15) is 0 Å². The molecule has 6 nitrogen and oxygen atoms in total. The van der Waals surface area contributed by atoms with Crippen LogP contribution in [0, 0.1) is 22.0 Å². The fraction of sp³-hybridized carbons (Fsp3) is 0.462. The predicted octanol–water partition coefficient (Wildman–Crippen LogP) is 2.34. The van der Waals surface area contributed by atoms with Crippen molar-refractivity contribution in [1.29, 1.82) is 0 Å². The van der Waals surface area contributed by atoms with Crippen molar-refractivity contribution < 1.29 is 14.5 Å². The Bertz CT molecular complexity index is 515. The monoisotopic (exact) mass is 264 g/mol. The number of anilines is 1. The SMILES string of the molecule is COCc1cc([N+](=O)[O-])ccc1NC(=O)[C@H]1C[C@@H]1C. The molecular weight excluding hydrogens is 248 g/mol. The molecule has 1 aromatic carbocycles. The minimum atomic E-state index is -0.465. The van der Waals surface area contributed by atoms with Crippen LogP contribution in [0.25, 0.3) is 0 Å². The summed E-state index contributed by atoms with van der Waals surface area (Å²) in [5, 5.41) is 13.5. The van der Waals surface area contributed by atoms with Gasteiger partial charge in [-0.25, -0.2) is 0 Å². The van der Waals surface area contributed by atoms with Gasteiger partial charge in [-0.3, -0.25) is 14.9 Å². The molecule has 0 bridgehead atoms. The topological polar surface area (TPSA) is 81.5 Å². The van der Waals surface area contributed by atoms with Crippen LogP contribution in [0.15, 0.2) is 18.2 Å². The maximum absolute atomic E-state index is 11.9. The number of nitrogens with one attached hydrogen (secondary N) is 1. The molecule has 2 atom stereocenters. The lowest BCUT2D eigenvalue weighted by atomic mass is 10.1. The van der Waals surface area contributed by atoms with Gasteiger partial charge in [-0.05, 0) is 18.4 Å². The number of carbonyl (C=O) groups is 1. The number of hydrogen-bond donors (Lipinski definition) is 1. The largest absolute Gasteiger partial charge is 0.380 e. The number of methoxy groups -OCH3 is 1. The molecule has 1 aliphatic carbocycles. The second-order valence-corrected chi connectivity index (χ2v) is 4.84. The van der Waals surface area contributed by atoms with Gasteiger partial charge in [0.25, 0.3) is 5.69 Å². The van der Waals surface area contributed by atoms with Gasteiger partial charge in [0.05, 0.1) is 11.5 Å². The van der Waals surface area contributed by atoms with E-state index in [0.29, 0.717) is 17.2 Å². The van der Waals surface area contributed by atoms with Gasteiger partial charge in [0, 0.05) is 36.4 Å². The number of benzene rings is 1. The Balaban J connectivity index is 2.18. The molecule has 1 saturated carbocycles. The second-order valence-electron chi connectivity index (χ2n) is 4.84. The van der Waals surface area contributed by atoms with Crippen molar-refractivity contribution in [1.82, 2.24) is 0 Å². The first-order chi connectivity index (χ1) is 9.02. The molecule has 0 saturated heterocycles. The standard InChI is InChI=1S/C13H16N2O4/c1-8-5-11(8)13(16)14-12-4-3-10(15(17)18)6-9(12)7-19-2/h3-4,6,8,11H,5,7H2,1-2H3,(H,14,16)/t8-,11-/m0/s1. The van der Waals surface area contributed by atoms with Crippen molar-refractivity contribution in [2.45, 2.75) is 20.0 Å². The van der Waals surface area contributed by atoms with Crippen LogP contribution in [0.5, 0.6) is 0 Å². The Labute approximate surface area is 110 Å². The summed E-state index contributed by atoms with van der Waals surface area (Å²) in [5.74, 6) is 0.452. The number of ether oxygens (including phenoxy) is 1. The quantitative estimate of drug-likeness (QED) is 0.653. The van der Waals surface area contributed by atoms with Crippen LogP contribution in [0.2, 0.25) is 0 Å². The van der Waals surface area contributed by atoms with Crippen molar-refractivity contribution in [2.24, 2.45) is 11.8 Å². The summed E-state index contributed by atoms with van der Waals surface area (Å²) in [7, 11) is 1.51. The number of carbonyl (C=O) groups excluding carboxylic acids is 1. The maximum Gasteiger partial charge on any atom is 0.269 e. The zero-order valence-corrected chi connectivity index (χ0v) is 10.9. The Morgan fingerprint density at radius 1 is 1.58 bits per heavy atom. The van der Waals surface area contributed by atoms with E-state index in [4.69, 9.17) is 4.74 Å². The van der Waals surface area contributed by atoms with E-state index >= 15 is 0 Å². The summed E-state index contributed by atoms with van der Waals surface area (Å²) < 4.78 is 5.01. The van der Waals surface area contributed by atoms with Crippen LogP contribution >= 0.6 is 0 Å². The van der Waals surface area contributed by atoms with E-state index in [1.807, 2.05) is 6.92 Å². The lowest BCUT2D eigenvalue weighted by Gasteiger charge is -2.10. The highest BCUT2D eigenvalue weighted by Crippen LogP contribution is 2.38. The van der Waals surface area contributed by atoms with E-state index in [1.54, 1.807) is 6.07 Å². The number of nitro groups is 1. The molecular formula is C13H16N2O4. The minimum Gasteiger partial charge on any atom is -0.380 e. The highest BCUT2D eigenvalue weighted by molar-refractivity contribution is 5.95. The zero-order valence-electron chi connectivity index (χ0n) is 10.9. The van der Waals surface area contributed by atoms with Gasteiger partial charge in [-0.2, -0.15) is 0 Å². The van der Waals surface area contributed by atoms with Crippen LogP contribution in [0.1, 0.15) is 18.9 Å². The van der Waals surface area contributed by atoms with E-state index in [0.717, 1.165) is 6.42 Å². The number of non-ortho nitro benzene ring substituents is 1. The van der Waals surface area contributed by atoms with E-state index in [9.17, 15) is 14.9 Å². The number of rotatable bonds is 5. The Hall–Kier alpha value is -1.95. The molecule has 1 aromatic rings.